The fourth-order valence-corrected chi connectivity index (χ4v) is 4.43. The largest absolute Gasteiger partial charge is 0.422 e. The molecule has 0 aromatic heterocycles. The first-order chi connectivity index (χ1) is 15.1. The van der Waals surface area contributed by atoms with Crippen molar-refractivity contribution in [2.24, 2.45) is 0 Å². The second-order valence-corrected chi connectivity index (χ2v) is 8.36. The second-order valence-electron chi connectivity index (χ2n) is 7.26. The first kappa shape index (κ1) is 24.4. The summed E-state index contributed by atoms with van der Waals surface area (Å²) in [6, 6.07) is 14.0. The van der Waals surface area contributed by atoms with Gasteiger partial charge in [-0.1, -0.05) is 42.5 Å². The Morgan fingerprint density at radius 2 is 1.47 bits per heavy atom. The maximum Gasteiger partial charge on any atom is 0.422 e. The Labute approximate surface area is 185 Å². The third-order valence-electron chi connectivity index (χ3n) is 5.06. The Hall–Kier alpha value is -2.26. The summed E-state index contributed by atoms with van der Waals surface area (Å²) in [5.41, 5.74) is -1.43. The van der Waals surface area contributed by atoms with Crippen molar-refractivity contribution >= 4 is 22.5 Å². The Morgan fingerprint density at radius 3 is 2.12 bits per heavy atom. The SMILES string of the molecule is C[C@@H](NCCCCSc1c(F)c(F)c(C(F)(F)F)c(F)c1F)c1cccc2ccccc12. The minimum absolute atomic E-state index is 0.0433. The summed E-state index contributed by atoms with van der Waals surface area (Å²) < 4.78 is 93.1. The molecule has 0 saturated carbocycles. The van der Waals surface area contributed by atoms with E-state index < -0.39 is 39.9 Å². The number of unbranched alkanes of at least 4 members (excludes halogenated alkanes) is 1. The Morgan fingerprint density at radius 1 is 0.844 bits per heavy atom. The van der Waals surface area contributed by atoms with E-state index in [4.69, 9.17) is 0 Å². The zero-order valence-corrected chi connectivity index (χ0v) is 17.8. The van der Waals surface area contributed by atoms with Gasteiger partial charge in [0, 0.05) is 6.04 Å². The molecular weight excluding hydrogens is 455 g/mol. The maximum absolute atomic E-state index is 13.9. The summed E-state index contributed by atoms with van der Waals surface area (Å²) in [7, 11) is 0. The van der Waals surface area contributed by atoms with E-state index in [0.717, 1.165) is 16.3 Å². The van der Waals surface area contributed by atoms with Crippen molar-refractivity contribution in [2.75, 3.05) is 12.3 Å². The van der Waals surface area contributed by atoms with Crippen molar-refractivity contribution in [1.82, 2.24) is 5.32 Å². The van der Waals surface area contributed by atoms with Crippen molar-refractivity contribution < 1.29 is 30.7 Å². The highest BCUT2D eigenvalue weighted by atomic mass is 32.2. The number of alkyl halides is 3. The van der Waals surface area contributed by atoms with Gasteiger partial charge < -0.3 is 5.32 Å². The molecule has 172 valence electrons. The molecule has 0 heterocycles. The van der Waals surface area contributed by atoms with E-state index in [1.54, 1.807) is 0 Å². The summed E-state index contributed by atoms with van der Waals surface area (Å²) in [6.07, 6.45) is -4.51. The molecule has 32 heavy (non-hydrogen) atoms. The molecule has 3 aromatic carbocycles. The standard InChI is InChI=1S/C23H20F7NS/c1-13(15-10-6-8-14-7-2-3-9-16(14)15)31-11-4-5-12-32-22-20(26)18(24)17(23(28,29)30)19(25)21(22)27/h2-3,6-10,13,31H,4-5,11-12H2,1H3/t13-/m1/s1. The van der Waals surface area contributed by atoms with Crippen LogP contribution in [-0.2, 0) is 6.18 Å². The van der Waals surface area contributed by atoms with Crippen LogP contribution in [0.2, 0.25) is 0 Å². The molecule has 1 nitrogen and oxygen atoms in total. The van der Waals surface area contributed by atoms with Gasteiger partial charge in [0.1, 0.15) is 5.56 Å². The van der Waals surface area contributed by atoms with E-state index in [1.165, 1.54) is 0 Å². The van der Waals surface area contributed by atoms with Gasteiger partial charge in [0.25, 0.3) is 0 Å². The number of benzene rings is 3. The lowest BCUT2D eigenvalue weighted by Crippen LogP contribution is -2.20. The quantitative estimate of drug-likeness (QED) is 0.156. The molecule has 9 heteroatoms. The topological polar surface area (TPSA) is 12.0 Å². The molecule has 0 saturated heterocycles. The van der Waals surface area contributed by atoms with Crippen LogP contribution < -0.4 is 5.32 Å². The number of fused-ring (bicyclic) bond motifs is 1. The van der Waals surface area contributed by atoms with Gasteiger partial charge in [0.15, 0.2) is 23.3 Å². The van der Waals surface area contributed by atoms with Crippen molar-refractivity contribution in [3.63, 3.8) is 0 Å². The number of hydrogen-bond acceptors (Lipinski definition) is 2. The number of nitrogens with one attached hydrogen (secondary N) is 1. The molecule has 1 N–H and O–H groups in total. The van der Waals surface area contributed by atoms with Gasteiger partial charge in [-0.3, -0.25) is 0 Å². The van der Waals surface area contributed by atoms with E-state index >= 15 is 0 Å². The van der Waals surface area contributed by atoms with E-state index in [9.17, 15) is 30.7 Å². The van der Waals surface area contributed by atoms with Crippen molar-refractivity contribution in [3.05, 3.63) is 76.9 Å². The summed E-state index contributed by atoms with van der Waals surface area (Å²) >= 11 is 0.453. The van der Waals surface area contributed by atoms with E-state index in [2.05, 4.69) is 5.32 Å². The van der Waals surface area contributed by atoms with Gasteiger partial charge in [0.05, 0.1) is 4.90 Å². The lowest BCUT2D eigenvalue weighted by atomic mass is 9.99. The molecule has 0 spiro atoms. The molecule has 0 unspecified atom stereocenters. The maximum atomic E-state index is 13.9. The summed E-state index contributed by atoms with van der Waals surface area (Å²) in [5, 5.41) is 5.60. The highest BCUT2D eigenvalue weighted by Crippen LogP contribution is 2.39. The molecule has 0 fully saturated rings. The summed E-state index contributed by atoms with van der Waals surface area (Å²) in [6.45, 7) is 2.58. The molecule has 0 aliphatic heterocycles. The molecule has 1 atom stereocenters. The van der Waals surface area contributed by atoms with Gasteiger partial charge in [-0.25, -0.2) is 17.6 Å². The molecule has 3 rings (SSSR count). The summed E-state index contributed by atoms with van der Waals surface area (Å²) in [4.78, 5) is -1.08. The van der Waals surface area contributed by atoms with Crippen LogP contribution in [0.25, 0.3) is 10.8 Å². The lowest BCUT2D eigenvalue weighted by Gasteiger charge is -2.17. The fraction of sp³-hybridized carbons (Fsp3) is 0.304. The van der Waals surface area contributed by atoms with Crippen LogP contribution in [0.4, 0.5) is 30.7 Å². The van der Waals surface area contributed by atoms with Crippen LogP contribution in [-0.4, -0.2) is 12.3 Å². The molecule has 0 aliphatic rings. The van der Waals surface area contributed by atoms with Crippen LogP contribution >= 0.6 is 11.8 Å². The monoisotopic (exact) mass is 475 g/mol. The predicted molar refractivity (Wildman–Crippen MR) is 112 cm³/mol. The first-order valence-corrected chi connectivity index (χ1v) is 10.9. The predicted octanol–water partition coefficient (Wildman–Crippen LogP) is 7.64. The van der Waals surface area contributed by atoms with Crippen molar-refractivity contribution in [2.45, 2.75) is 36.9 Å². The molecular formula is C23H20F7NS. The Bertz CT molecular complexity index is 1060. The molecule has 0 bridgehead atoms. The van der Waals surface area contributed by atoms with E-state index in [-0.39, 0.29) is 11.8 Å². The highest BCUT2D eigenvalue weighted by molar-refractivity contribution is 7.99. The van der Waals surface area contributed by atoms with E-state index in [1.807, 2.05) is 49.4 Å². The Balaban J connectivity index is 1.54. The third-order valence-corrected chi connectivity index (χ3v) is 6.20. The third kappa shape index (κ3) is 5.20. The zero-order chi connectivity index (χ0) is 23.5. The highest BCUT2D eigenvalue weighted by Gasteiger charge is 2.42. The van der Waals surface area contributed by atoms with Gasteiger partial charge in [0.2, 0.25) is 0 Å². The summed E-state index contributed by atoms with van der Waals surface area (Å²) in [5.74, 6) is -8.82. The van der Waals surface area contributed by atoms with Crippen LogP contribution in [0.3, 0.4) is 0 Å². The number of thioether (sulfide) groups is 1. The second kappa shape index (κ2) is 10.1. The molecule has 0 radical (unpaired) electrons. The van der Waals surface area contributed by atoms with Crippen molar-refractivity contribution in [3.8, 4) is 0 Å². The molecule has 3 aromatic rings. The average molecular weight is 475 g/mol. The number of hydrogen-bond donors (Lipinski definition) is 1. The lowest BCUT2D eigenvalue weighted by molar-refractivity contribution is -0.143. The van der Waals surface area contributed by atoms with Crippen LogP contribution in [0.5, 0.6) is 0 Å². The zero-order valence-electron chi connectivity index (χ0n) is 17.0. The van der Waals surface area contributed by atoms with Crippen LogP contribution in [0.15, 0.2) is 47.4 Å². The van der Waals surface area contributed by atoms with Crippen LogP contribution in [0.1, 0.15) is 36.9 Å². The fourth-order valence-electron chi connectivity index (χ4n) is 3.45. The number of rotatable bonds is 8. The normalized spacial score (nSPS) is 13.0. The molecule has 0 aliphatic carbocycles. The van der Waals surface area contributed by atoms with Gasteiger partial charge in [-0.15, -0.1) is 11.8 Å². The minimum atomic E-state index is -5.54. The van der Waals surface area contributed by atoms with Gasteiger partial charge in [-0.05, 0) is 48.4 Å². The van der Waals surface area contributed by atoms with E-state index in [0.29, 0.717) is 31.1 Å². The van der Waals surface area contributed by atoms with Crippen molar-refractivity contribution in [1.29, 1.82) is 0 Å². The Kier molecular flexibility index (Phi) is 7.71. The first-order valence-electron chi connectivity index (χ1n) is 9.90. The smallest absolute Gasteiger partial charge is 0.310 e. The average Bonchev–Trinajstić information content (AvgIpc) is 2.75. The number of halogens is 7. The van der Waals surface area contributed by atoms with Gasteiger partial charge in [-0.2, -0.15) is 13.2 Å². The minimum Gasteiger partial charge on any atom is -0.310 e. The van der Waals surface area contributed by atoms with Gasteiger partial charge >= 0.3 is 6.18 Å². The van der Waals surface area contributed by atoms with Crippen LogP contribution in [0, 0.1) is 23.3 Å². The molecule has 0 amide bonds.